The van der Waals surface area contributed by atoms with Gasteiger partial charge in [0.2, 0.25) is 5.91 Å². The third kappa shape index (κ3) is 1.61. The van der Waals surface area contributed by atoms with Gasteiger partial charge in [0.25, 0.3) is 0 Å². The van der Waals surface area contributed by atoms with Crippen molar-refractivity contribution in [2.24, 2.45) is 23.0 Å². The lowest BCUT2D eigenvalue weighted by atomic mass is 9.75. The lowest BCUT2D eigenvalue weighted by Crippen LogP contribution is -2.33. The van der Waals surface area contributed by atoms with E-state index in [9.17, 15) is 4.79 Å². The maximum Gasteiger partial charge on any atom is 0.224 e. The first-order valence-electron chi connectivity index (χ1n) is 4.44. The van der Waals surface area contributed by atoms with E-state index in [2.05, 4.69) is 26.1 Å². The summed E-state index contributed by atoms with van der Waals surface area (Å²) in [7, 11) is 0. The molecule has 3 heteroatoms. The maximum atomic E-state index is 11.3. The van der Waals surface area contributed by atoms with Crippen LogP contribution in [-0.2, 0) is 4.79 Å². The van der Waals surface area contributed by atoms with Crippen LogP contribution in [0.5, 0.6) is 0 Å². The summed E-state index contributed by atoms with van der Waals surface area (Å²) >= 11 is 0. The zero-order valence-electron chi connectivity index (χ0n) is 8.05. The topological polar surface area (TPSA) is 55.1 Å². The Hall–Kier alpha value is -0.570. The molecule has 0 spiro atoms. The molecule has 0 aromatic carbocycles. The molecule has 2 unspecified atom stereocenters. The summed E-state index contributed by atoms with van der Waals surface area (Å²) in [5, 5.41) is 2.86. The summed E-state index contributed by atoms with van der Waals surface area (Å²) in [4.78, 5) is 11.3. The summed E-state index contributed by atoms with van der Waals surface area (Å²) < 4.78 is 0. The molecule has 1 fully saturated rings. The van der Waals surface area contributed by atoms with Crippen molar-refractivity contribution in [2.45, 2.75) is 20.8 Å². The van der Waals surface area contributed by atoms with Gasteiger partial charge in [-0.15, -0.1) is 0 Å². The summed E-state index contributed by atoms with van der Waals surface area (Å²) in [5.74, 6) is 0.525. The van der Waals surface area contributed by atoms with Crippen molar-refractivity contribution >= 4 is 5.91 Å². The molecule has 1 aliphatic rings. The van der Waals surface area contributed by atoms with E-state index >= 15 is 0 Å². The SMILES string of the molecule is CC(C)(C)C1CNC(=O)C1CN. The summed E-state index contributed by atoms with van der Waals surface area (Å²) in [6, 6.07) is 0. The maximum absolute atomic E-state index is 11.3. The zero-order valence-corrected chi connectivity index (χ0v) is 8.05. The first-order valence-corrected chi connectivity index (χ1v) is 4.44. The van der Waals surface area contributed by atoms with Crippen LogP contribution in [0, 0.1) is 17.3 Å². The highest BCUT2D eigenvalue weighted by Gasteiger charge is 2.40. The van der Waals surface area contributed by atoms with E-state index in [1.54, 1.807) is 0 Å². The molecule has 0 bridgehead atoms. The fraction of sp³-hybridized carbons (Fsp3) is 0.889. The largest absolute Gasteiger partial charge is 0.355 e. The minimum atomic E-state index is 0.0185. The Bertz CT molecular complexity index is 183. The third-order valence-corrected chi connectivity index (χ3v) is 2.68. The zero-order chi connectivity index (χ0) is 9.35. The number of hydrogen-bond donors (Lipinski definition) is 2. The number of nitrogens with two attached hydrogens (primary N) is 1. The highest BCUT2D eigenvalue weighted by atomic mass is 16.2. The van der Waals surface area contributed by atoms with E-state index in [-0.39, 0.29) is 17.2 Å². The Morgan fingerprint density at radius 3 is 2.50 bits per heavy atom. The van der Waals surface area contributed by atoms with Crippen molar-refractivity contribution in [1.82, 2.24) is 5.32 Å². The van der Waals surface area contributed by atoms with Gasteiger partial charge in [-0.1, -0.05) is 20.8 Å². The van der Waals surface area contributed by atoms with Gasteiger partial charge < -0.3 is 11.1 Å². The van der Waals surface area contributed by atoms with Crippen LogP contribution in [0.2, 0.25) is 0 Å². The van der Waals surface area contributed by atoms with Crippen molar-refractivity contribution in [2.75, 3.05) is 13.1 Å². The van der Waals surface area contributed by atoms with Gasteiger partial charge in [-0.2, -0.15) is 0 Å². The lowest BCUT2D eigenvalue weighted by molar-refractivity contribution is -0.123. The molecule has 1 saturated heterocycles. The Morgan fingerprint density at radius 2 is 2.17 bits per heavy atom. The number of nitrogens with one attached hydrogen (secondary N) is 1. The van der Waals surface area contributed by atoms with E-state index < -0.39 is 0 Å². The van der Waals surface area contributed by atoms with E-state index in [0.29, 0.717) is 12.5 Å². The van der Waals surface area contributed by atoms with Crippen molar-refractivity contribution in [3.63, 3.8) is 0 Å². The van der Waals surface area contributed by atoms with Crippen LogP contribution < -0.4 is 11.1 Å². The number of hydrogen-bond acceptors (Lipinski definition) is 2. The van der Waals surface area contributed by atoms with Crippen LogP contribution in [-0.4, -0.2) is 19.0 Å². The first-order chi connectivity index (χ1) is 5.46. The van der Waals surface area contributed by atoms with Crippen molar-refractivity contribution < 1.29 is 4.79 Å². The predicted octanol–water partition coefficient (Wildman–Crippen LogP) is 0.353. The van der Waals surface area contributed by atoms with E-state index in [0.717, 1.165) is 6.54 Å². The van der Waals surface area contributed by atoms with Crippen LogP contribution in [0.4, 0.5) is 0 Å². The molecular weight excluding hydrogens is 152 g/mol. The number of amides is 1. The van der Waals surface area contributed by atoms with E-state index in [1.165, 1.54) is 0 Å². The van der Waals surface area contributed by atoms with Gasteiger partial charge in [-0.3, -0.25) is 4.79 Å². The third-order valence-electron chi connectivity index (χ3n) is 2.68. The van der Waals surface area contributed by atoms with Gasteiger partial charge in [0.1, 0.15) is 0 Å². The second-order valence-electron chi connectivity index (χ2n) is 4.56. The van der Waals surface area contributed by atoms with Gasteiger partial charge in [-0.05, 0) is 11.3 Å². The number of carbonyl (C=O) groups excluding carboxylic acids is 1. The second-order valence-corrected chi connectivity index (χ2v) is 4.56. The minimum Gasteiger partial charge on any atom is -0.355 e. The average Bonchev–Trinajstić information content (AvgIpc) is 2.29. The highest BCUT2D eigenvalue weighted by molar-refractivity contribution is 5.81. The fourth-order valence-corrected chi connectivity index (χ4v) is 1.85. The normalized spacial score (nSPS) is 30.5. The molecule has 0 radical (unpaired) electrons. The van der Waals surface area contributed by atoms with Gasteiger partial charge in [-0.25, -0.2) is 0 Å². The summed E-state index contributed by atoms with van der Waals surface area (Å²) in [6.45, 7) is 7.71. The van der Waals surface area contributed by atoms with Gasteiger partial charge in [0.15, 0.2) is 0 Å². The lowest BCUT2D eigenvalue weighted by Gasteiger charge is -2.29. The molecule has 1 heterocycles. The molecule has 0 aromatic heterocycles. The van der Waals surface area contributed by atoms with Gasteiger partial charge in [0, 0.05) is 13.1 Å². The second kappa shape index (κ2) is 3.05. The molecular formula is C9H18N2O. The van der Waals surface area contributed by atoms with Crippen LogP contribution in [0.25, 0.3) is 0 Å². The number of carbonyl (C=O) groups is 1. The Balaban J connectivity index is 2.73. The van der Waals surface area contributed by atoms with Crippen molar-refractivity contribution in [3.8, 4) is 0 Å². The quantitative estimate of drug-likeness (QED) is 0.596. The standard InChI is InChI=1S/C9H18N2O/c1-9(2,3)7-5-11-8(12)6(7)4-10/h6-7H,4-5,10H2,1-3H3,(H,11,12). The molecule has 12 heavy (non-hydrogen) atoms. The molecule has 1 amide bonds. The van der Waals surface area contributed by atoms with Crippen LogP contribution in [0.1, 0.15) is 20.8 Å². The van der Waals surface area contributed by atoms with Gasteiger partial charge >= 0.3 is 0 Å². The monoisotopic (exact) mass is 170 g/mol. The molecule has 1 rings (SSSR count). The van der Waals surface area contributed by atoms with Crippen LogP contribution in [0.3, 0.4) is 0 Å². The molecule has 1 aliphatic heterocycles. The minimum absolute atomic E-state index is 0.0185. The Labute approximate surface area is 73.7 Å². The molecule has 70 valence electrons. The Morgan fingerprint density at radius 1 is 1.58 bits per heavy atom. The van der Waals surface area contributed by atoms with Crippen LogP contribution >= 0.6 is 0 Å². The van der Waals surface area contributed by atoms with Crippen molar-refractivity contribution in [1.29, 1.82) is 0 Å². The van der Waals surface area contributed by atoms with E-state index in [4.69, 9.17) is 5.73 Å². The summed E-state index contributed by atoms with van der Waals surface area (Å²) in [5.41, 5.74) is 5.72. The first kappa shape index (κ1) is 9.52. The molecule has 3 N–H and O–H groups in total. The van der Waals surface area contributed by atoms with Crippen LogP contribution in [0.15, 0.2) is 0 Å². The fourth-order valence-electron chi connectivity index (χ4n) is 1.85. The Kier molecular flexibility index (Phi) is 2.42. The summed E-state index contributed by atoms with van der Waals surface area (Å²) in [6.07, 6.45) is 0. The molecule has 0 aliphatic carbocycles. The molecule has 0 aromatic rings. The number of rotatable bonds is 1. The molecule has 0 saturated carbocycles. The van der Waals surface area contributed by atoms with Gasteiger partial charge in [0.05, 0.1) is 5.92 Å². The average molecular weight is 170 g/mol. The highest BCUT2D eigenvalue weighted by Crippen LogP contribution is 2.34. The molecule has 3 nitrogen and oxygen atoms in total. The predicted molar refractivity (Wildman–Crippen MR) is 48.5 cm³/mol. The van der Waals surface area contributed by atoms with Crippen molar-refractivity contribution in [3.05, 3.63) is 0 Å². The molecule has 2 atom stereocenters. The smallest absolute Gasteiger partial charge is 0.224 e. The van der Waals surface area contributed by atoms with E-state index in [1.807, 2.05) is 0 Å².